The highest BCUT2D eigenvalue weighted by Gasteiger charge is 2.49. The molecule has 0 aliphatic heterocycles. The first-order chi connectivity index (χ1) is 36.3. The van der Waals surface area contributed by atoms with Gasteiger partial charge in [0, 0.05) is 80.7 Å². The van der Waals surface area contributed by atoms with Gasteiger partial charge in [-0.1, -0.05) is 147 Å². The smallest absolute Gasteiger partial charge is 0.270 e. The molecule has 0 heterocycles. The summed E-state index contributed by atoms with van der Waals surface area (Å²) in [5.41, 5.74) is 8.20. The molecule has 6 rings (SSSR count). The lowest BCUT2D eigenvalue weighted by atomic mass is 9.62. The van der Waals surface area contributed by atoms with Crippen molar-refractivity contribution in [1.29, 1.82) is 0 Å². The Labute approximate surface area is 508 Å². The maximum atomic E-state index is 12.1. The zero-order valence-electron chi connectivity index (χ0n) is 52.8. The molecule has 0 saturated heterocycles. The van der Waals surface area contributed by atoms with Gasteiger partial charge in [-0.05, 0) is 192 Å². The molecule has 2 unspecified atom stereocenters. The van der Waals surface area contributed by atoms with E-state index < -0.39 is 34.8 Å². The number of carbonyl (C=O) groups excluding carboxylic acids is 2. The summed E-state index contributed by atoms with van der Waals surface area (Å²) in [4.78, 5) is 22.9. The number of rotatable bonds is 9. The Kier molecular flexibility index (Phi) is 29.1. The van der Waals surface area contributed by atoms with Crippen LogP contribution < -0.4 is 0 Å². The number of Topliss-reactive ketones (excluding diaryl/α,β-unsaturated/α-hetero) is 1. The van der Waals surface area contributed by atoms with Crippen molar-refractivity contribution in [3.05, 3.63) is 82.5 Å². The number of allylic oxidation sites excluding steroid dienone is 8. The SMILES string of the molecule is C=C1/C(=C\C=C2/CCC[C@]3(C)C([C@H](C)CC#CC(C)(C)O)=CCC23)C[C@H](O)C[C@@H]1O.C=C1/C(=C\CC=O)C[C@H](C(C)(C)C)C[C@@H]1O[Si](C)(C)C(C)(C)C.C[C@H](CC#CC(C)(C)C)C1=CCC2C(=O)CCC[C@]12C.C[Si](C)=O.II. The van der Waals surface area contributed by atoms with E-state index in [0.717, 1.165) is 80.8 Å². The number of hydrogen-bond donors (Lipinski definition) is 3. The third-order valence-corrected chi connectivity index (χ3v) is 22.3. The monoisotopic (exact) mass is 1350 g/mol. The van der Waals surface area contributed by atoms with Crippen molar-refractivity contribution >= 4 is 66.3 Å². The molecule has 7 nitrogen and oxygen atoms in total. The minimum atomic E-state index is -1.84. The third-order valence-electron chi connectivity index (χ3n) is 17.8. The Balaban J connectivity index is 0.000000393. The normalized spacial score (nSPS) is 29.3. The van der Waals surface area contributed by atoms with Gasteiger partial charge < -0.3 is 29.0 Å². The van der Waals surface area contributed by atoms with E-state index in [2.05, 4.69) is 208 Å². The molecule has 4 fully saturated rings. The second-order valence-electron chi connectivity index (χ2n) is 28.5. The molecule has 3 N–H and O–H groups in total. The third kappa shape index (κ3) is 22.3. The van der Waals surface area contributed by atoms with Crippen molar-refractivity contribution in [1.82, 2.24) is 0 Å². The number of fused-ring (bicyclic) bond motifs is 2. The van der Waals surface area contributed by atoms with Crippen molar-refractivity contribution < 1.29 is 33.8 Å². The van der Waals surface area contributed by atoms with Gasteiger partial charge in [0.05, 0.1) is 18.3 Å². The first-order valence-corrected chi connectivity index (χ1v) is 41.1. The van der Waals surface area contributed by atoms with Crippen LogP contribution in [0.15, 0.2) is 82.5 Å². The summed E-state index contributed by atoms with van der Waals surface area (Å²) in [7, 11) is -2.97. The molecule has 0 aromatic heterocycles. The topological polar surface area (TPSA) is 121 Å². The van der Waals surface area contributed by atoms with Gasteiger partial charge in [0.25, 0.3) is 8.68 Å². The molecule has 6 aliphatic rings. The largest absolute Gasteiger partial charge is 0.410 e. The second-order valence-corrected chi connectivity index (χ2v) is 35.1. The summed E-state index contributed by atoms with van der Waals surface area (Å²) in [6.07, 6.45) is 24.8. The van der Waals surface area contributed by atoms with Crippen molar-refractivity contribution in [2.24, 2.45) is 51.2 Å². The van der Waals surface area contributed by atoms with Crippen LogP contribution in [-0.4, -0.2) is 68.3 Å². The van der Waals surface area contributed by atoms with Gasteiger partial charge in [-0.3, -0.25) is 4.79 Å². The highest BCUT2D eigenvalue weighted by atomic mass is 128. The van der Waals surface area contributed by atoms with Crippen LogP contribution in [0.4, 0.5) is 0 Å². The fourth-order valence-corrected chi connectivity index (χ4v) is 13.6. The van der Waals surface area contributed by atoms with E-state index in [4.69, 9.17) is 4.43 Å². The maximum absolute atomic E-state index is 12.1. The van der Waals surface area contributed by atoms with E-state index in [0.29, 0.717) is 48.7 Å². The molecule has 10 atom stereocenters. The van der Waals surface area contributed by atoms with Crippen LogP contribution in [0.2, 0.25) is 31.2 Å². The van der Waals surface area contributed by atoms with Crippen molar-refractivity contribution in [2.45, 2.75) is 255 Å². The van der Waals surface area contributed by atoms with Gasteiger partial charge in [-0.25, -0.2) is 0 Å². The fraction of sp³-hybridized carbons (Fsp3) is 0.706. The van der Waals surface area contributed by atoms with Gasteiger partial charge in [0.15, 0.2) is 8.32 Å². The average molecular weight is 1350 g/mol. The average Bonchev–Trinajstić information content (AvgIpc) is 3.87. The van der Waals surface area contributed by atoms with Crippen LogP contribution in [0.1, 0.15) is 200 Å². The Morgan fingerprint density at radius 2 is 1.30 bits per heavy atom. The van der Waals surface area contributed by atoms with Crippen LogP contribution in [0, 0.1) is 74.9 Å². The Hall–Kier alpha value is -1.83. The molecular weight excluding hydrogens is 1240 g/mol. The van der Waals surface area contributed by atoms with Crippen molar-refractivity contribution in [2.75, 3.05) is 0 Å². The lowest BCUT2D eigenvalue weighted by molar-refractivity contribution is -0.128. The standard InChI is InChI=1S/C27H38O3.C20H36O2Si.C19H28O.C2H6OSi.I2/c1-18(8-6-14-26(3,4)30)23-12-13-24-20(9-7-15-27(23,24)5)10-11-21-16-22(28)17-25(29)19(21)2;1-15-16(11-10-12-21)13-17(19(2,3)4)14-18(15)22-23(8,9)20(5,6)7;1-14(8-6-12-18(2,3)4)15-10-11-16-17(20)9-7-13-19(15,16)5;1-4(2)3;1-2/h10-12,18,22,24-25,28-30H,2,7-9,13,15-17H2,1,3-5H3;11-12,17-18H,1,10,13-14H2,2-9H3;10,14,16H,7-9,11,13H2,1-5H3;1-2H3;/b20-10+,21-11-;16-11-;;;/t18-,22+,24?,25+,27-;17-,18-;14-,16?,19-;;/m101../s1. The van der Waals surface area contributed by atoms with Gasteiger partial charge >= 0.3 is 0 Å². The van der Waals surface area contributed by atoms with E-state index in [-0.39, 0.29) is 38.7 Å². The molecule has 0 radical (unpaired) electrons. The predicted octanol–water partition coefficient (Wildman–Crippen LogP) is 18.0. The molecule has 0 bridgehead atoms. The van der Waals surface area contributed by atoms with E-state index in [1.54, 1.807) is 26.9 Å². The summed E-state index contributed by atoms with van der Waals surface area (Å²) in [6.45, 7) is 49.2. The minimum Gasteiger partial charge on any atom is -0.410 e. The maximum Gasteiger partial charge on any atom is 0.270 e. The quantitative estimate of drug-likeness (QED) is 0.0691. The van der Waals surface area contributed by atoms with Crippen LogP contribution in [-0.2, 0) is 18.5 Å². The number of aldehydes is 1. The summed E-state index contributed by atoms with van der Waals surface area (Å²) >= 11 is 4.24. The summed E-state index contributed by atoms with van der Waals surface area (Å²) < 4.78 is 16.3. The molecular formula is C68H108I2O7Si2. The molecule has 0 aromatic rings. The summed E-state index contributed by atoms with van der Waals surface area (Å²) in [6, 6.07) is 0. The van der Waals surface area contributed by atoms with E-state index in [1.807, 2.05) is 0 Å². The highest BCUT2D eigenvalue weighted by Crippen LogP contribution is 2.57. The number of aliphatic hydroxyl groups is 3. The predicted molar refractivity (Wildman–Crippen MR) is 355 cm³/mol. The van der Waals surface area contributed by atoms with Crippen LogP contribution in [0.5, 0.6) is 0 Å². The fourth-order valence-electron chi connectivity index (χ4n) is 12.3. The zero-order valence-corrected chi connectivity index (χ0v) is 59.1. The molecule has 444 valence electrons. The van der Waals surface area contributed by atoms with Crippen LogP contribution >= 0.6 is 37.2 Å². The lowest BCUT2D eigenvalue weighted by Crippen LogP contribution is -2.46. The molecule has 0 amide bonds. The van der Waals surface area contributed by atoms with Crippen molar-refractivity contribution in [3.63, 3.8) is 0 Å². The molecule has 11 heteroatoms. The first kappa shape index (κ1) is 73.3. The molecule has 0 aromatic carbocycles. The van der Waals surface area contributed by atoms with E-state index in [9.17, 15) is 29.4 Å². The van der Waals surface area contributed by atoms with Gasteiger partial charge in [-0.2, -0.15) is 0 Å². The molecule has 0 spiro atoms. The Morgan fingerprint density at radius 3 is 1.80 bits per heavy atom. The molecule has 6 aliphatic carbocycles. The molecule has 4 saturated carbocycles. The number of carbonyl (C=O) groups is 2. The molecule has 79 heavy (non-hydrogen) atoms. The summed E-state index contributed by atoms with van der Waals surface area (Å²) in [5, 5.41) is 30.2. The number of aliphatic hydroxyl groups excluding tert-OH is 2. The van der Waals surface area contributed by atoms with Crippen molar-refractivity contribution in [3.8, 4) is 23.7 Å². The van der Waals surface area contributed by atoms with Gasteiger partial charge in [0.2, 0.25) is 0 Å². The first-order valence-electron chi connectivity index (χ1n) is 29.5. The number of ketones is 1. The Morgan fingerprint density at radius 1 is 0.797 bits per heavy atom. The number of halogens is 2. The lowest BCUT2D eigenvalue weighted by Gasteiger charge is -2.45. The van der Waals surface area contributed by atoms with E-state index in [1.165, 1.54) is 41.6 Å². The van der Waals surface area contributed by atoms with Crippen LogP contribution in [0.25, 0.3) is 0 Å². The Bertz CT molecular complexity index is 2400. The minimum absolute atomic E-state index is 0.0804. The van der Waals surface area contributed by atoms with Gasteiger partial charge in [-0.15, -0.1) is 5.92 Å². The van der Waals surface area contributed by atoms with Gasteiger partial charge in [0.1, 0.15) is 17.7 Å². The summed E-state index contributed by atoms with van der Waals surface area (Å²) in [5.74, 6) is 15.5. The zero-order chi connectivity index (χ0) is 60.7. The second kappa shape index (κ2) is 31.4. The van der Waals surface area contributed by atoms with Crippen LogP contribution in [0.3, 0.4) is 0 Å². The highest BCUT2D eigenvalue weighted by molar-refractivity contribution is 15.0. The van der Waals surface area contributed by atoms with E-state index >= 15 is 0 Å². The number of hydrogen-bond acceptors (Lipinski definition) is 7.